The lowest BCUT2D eigenvalue weighted by Gasteiger charge is -2.28. The number of pyridine rings is 1. The van der Waals surface area contributed by atoms with Gasteiger partial charge in [0.15, 0.2) is 0 Å². The van der Waals surface area contributed by atoms with Gasteiger partial charge < -0.3 is 0 Å². The summed E-state index contributed by atoms with van der Waals surface area (Å²) in [6, 6.07) is 12.5. The average Bonchev–Trinajstić information content (AvgIpc) is 3.07. The Balaban J connectivity index is 1.61. The average molecular weight is 283 g/mol. The van der Waals surface area contributed by atoms with Crippen molar-refractivity contribution in [1.82, 2.24) is 4.98 Å². The highest BCUT2D eigenvalue weighted by Gasteiger charge is 2.49. The number of aromatic nitrogens is 1. The van der Waals surface area contributed by atoms with Crippen molar-refractivity contribution in [3.8, 4) is 0 Å². The van der Waals surface area contributed by atoms with Crippen LogP contribution in [-0.2, 0) is 6.42 Å². The zero-order valence-corrected chi connectivity index (χ0v) is 11.9. The van der Waals surface area contributed by atoms with Crippen LogP contribution in [-0.4, -0.2) is 16.4 Å². The number of benzene rings is 1. The zero-order chi connectivity index (χ0) is 14.6. The second kappa shape index (κ2) is 4.10. The number of allylic oxidation sites excluding steroid dienone is 1. The minimum absolute atomic E-state index is 0.174. The molecular formula is C19H13N3. The first kappa shape index (κ1) is 11.8. The van der Waals surface area contributed by atoms with Gasteiger partial charge in [0.25, 0.3) is 0 Å². The van der Waals surface area contributed by atoms with Crippen LogP contribution in [0.1, 0.15) is 16.7 Å². The quantitative estimate of drug-likeness (QED) is 0.790. The Labute approximate surface area is 128 Å². The first-order chi connectivity index (χ1) is 10.9. The minimum Gasteiger partial charge on any atom is -0.265 e. The van der Waals surface area contributed by atoms with Crippen molar-refractivity contribution in [3.05, 3.63) is 83.5 Å². The Morgan fingerprint density at radius 2 is 1.86 bits per heavy atom. The molecule has 104 valence electrons. The van der Waals surface area contributed by atoms with Crippen molar-refractivity contribution < 1.29 is 0 Å². The van der Waals surface area contributed by atoms with Crippen molar-refractivity contribution in [2.24, 2.45) is 15.4 Å². The van der Waals surface area contributed by atoms with Crippen LogP contribution in [0.4, 0.5) is 0 Å². The monoisotopic (exact) mass is 283 g/mol. The molecule has 0 saturated carbocycles. The molecule has 2 bridgehead atoms. The van der Waals surface area contributed by atoms with Crippen LogP contribution in [0, 0.1) is 5.41 Å². The molecule has 1 unspecified atom stereocenters. The van der Waals surface area contributed by atoms with Crippen molar-refractivity contribution in [1.29, 1.82) is 0 Å². The number of nitrogens with zero attached hydrogens (tertiary/aromatic N) is 3. The van der Waals surface area contributed by atoms with Crippen LogP contribution in [0.2, 0.25) is 0 Å². The molecule has 2 aliphatic heterocycles. The molecule has 5 rings (SSSR count). The van der Waals surface area contributed by atoms with Gasteiger partial charge in [-0.2, -0.15) is 0 Å². The smallest absolute Gasteiger partial charge is 0.0935 e. The largest absolute Gasteiger partial charge is 0.265 e. The first-order valence-electron chi connectivity index (χ1n) is 7.42. The van der Waals surface area contributed by atoms with Crippen molar-refractivity contribution in [2.75, 3.05) is 0 Å². The second-order valence-corrected chi connectivity index (χ2v) is 5.87. The van der Waals surface area contributed by atoms with Crippen LogP contribution in [0.3, 0.4) is 0 Å². The van der Waals surface area contributed by atoms with Gasteiger partial charge in [0, 0.05) is 18.0 Å². The van der Waals surface area contributed by atoms with Crippen molar-refractivity contribution >= 4 is 17.5 Å². The molecule has 3 heteroatoms. The van der Waals surface area contributed by atoms with Crippen LogP contribution >= 0.6 is 0 Å². The topological polar surface area (TPSA) is 37.6 Å². The summed E-state index contributed by atoms with van der Waals surface area (Å²) in [6.45, 7) is 0. The van der Waals surface area contributed by atoms with Gasteiger partial charge in [0.05, 0.1) is 28.7 Å². The van der Waals surface area contributed by atoms with E-state index < -0.39 is 0 Å². The fraction of sp³-hybridized carbons (Fsp3) is 0.105. The lowest BCUT2D eigenvalue weighted by Crippen LogP contribution is -2.32. The predicted octanol–water partition coefficient (Wildman–Crippen LogP) is 3.44. The van der Waals surface area contributed by atoms with Gasteiger partial charge in [-0.25, -0.2) is 4.99 Å². The van der Waals surface area contributed by atoms with Gasteiger partial charge in [0.2, 0.25) is 0 Å². The van der Waals surface area contributed by atoms with Gasteiger partial charge in [-0.15, -0.1) is 0 Å². The summed E-state index contributed by atoms with van der Waals surface area (Å²) in [6.07, 6.45) is 10.9. The Kier molecular flexibility index (Phi) is 2.20. The molecule has 1 aromatic carbocycles. The van der Waals surface area contributed by atoms with Crippen LogP contribution < -0.4 is 0 Å². The molecule has 1 spiro atoms. The number of hydrogen-bond donors (Lipinski definition) is 0. The third kappa shape index (κ3) is 1.43. The Hall–Kier alpha value is -2.81. The van der Waals surface area contributed by atoms with Gasteiger partial charge in [-0.05, 0) is 29.7 Å². The summed E-state index contributed by atoms with van der Waals surface area (Å²) in [5, 5.41) is 0. The summed E-state index contributed by atoms with van der Waals surface area (Å²) in [7, 11) is 0. The summed E-state index contributed by atoms with van der Waals surface area (Å²) in [4.78, 5) is 13.6. The highest BCUT2D eigenvalue weighted by Crippen LogP contribution is 2.48. The van der Waals surface area contributed by atoms with E-state index in [1.807, 2.05) is 18.3 Å². The summed E-state index contributed by atoms with van der Waals surface area (Å²) in [5.74, 6) is 0. The second-order valence-electron chi connectivity index (χ2n) is 5.87. The normalized spacial score (nSPS) is 24.1. The van der Waals surface area contributed by atoms with Crippen LogP contribution in [0.5, 0.6) is 0 Å². The Bertz CT molecular complexity index is 903. The van der Waals surface area contributed by atoms with E-state index in [0.29, 0.717) is 0 Å². The molecule has 0 radical (unpaired) electrons. The third-order valence-electron chi connectivity index (χ3n) is 4.68. The lowest BCUT2D eigenvalue weighted by molar-refractivity contribution is 0.643. The molecule has 0 amide bonds. The molecular weight excluding hydrogens is 270 g/mol. The van der Waals surface area contributed by atoms with Gasteiger partial charge in [0.1, 0.15) is 0 Å². The number of fused-ring (bicyclic) bond motifs is 1. The summed E-state index contributed by atoms with van der Waals surface area (Å²) in [5.41, 5.74) is 6.68. The highest BCUT2D eigenvalue weighted by molar-refractivity contribution is 6.53. The van der Waals surface area contributed by atoms with Crippen molar-refractivity contribution in [3.63, 3.8) is 0 Å². The molecule has 0 fully saturated rings. The Morgan fingerprint density at radius 1 is 1.00 bits per heavy atom. The fourth-order valence-corrected chi connectivity index (χ4v) is 3.55. The summed E-state index contributed by atoms with van der Waals surface area (Å²) < 4.78 is 0. The minimum atomic E-state index is -0.174. The van der Waals surface area contributed by atoms with E-state index in [9.17, 15) is 0 Å². The maximum atomic E-state index is 4.84. The molecule has 1 aliphatic carbocycles. The molecule has 3 heterocycles. The van der Waals surface area contributed by atoms with E-state index in [1.54, 1.807) is 12.4 Å². The third-order valence-corrected chi connectivity index (χ3v) is 4.68. The van der Waals surface area contributed by atoms with Gasteiger partial charge in [-0.1, -0.05) is 36.4 Å². The van der Waals surface area contributed by atoms with E-state index in [2.05, 4.69) is 46.4 Å². The van der Waals surface area contributed by atoms with E-state index in [4.69, 9.17) is 4.99 Å². The fourth-order valence-electron chi connectivity index (χ4n) is 3.55. The molecule has 2 aromatic rings. The van der Waals surface area contributed by atoms with E-state index >= 15 is 0 Å². The zero-order valence-electron chi connectivity index (χ0n) is 11.9. The van der Waals surface area contributed by atoms with E-state index in [0.717, 1.165) is 29.1 Å². The van der Waals surface area contributed by atoms with Crippen LogP contribution in [0.15, 0.2) is 76.7 Å². The SMILES string of the molecule is C1=CC2(Cc3ccccc31)C1=CN=C2C(c2ccncc2)=N1. The first-order valence-corrected chi connectivity index (χ1v) is 7.42. The van der Waals surface area contributed by atoms with Gasteiger partial charge in [-0.3, -0.25) is 9.98 Å². The molecule has 3 aliphatic rings. The molecule has 1 atom stereocenters. The maximum Gasteiger partial charge on any atom is 0.0935 e. The number of hydrogen-bond acceptors (Lipinski definition) is 3. The standard InChI is InChI=1S/C19H13N3/c1-2-4-15-11-19(8-5-13(15)3-1)16-12-21-18(19)17(22-16)14-6-9-20-10-7-14/h1-10,12H,11H2. The molecule has 0 saturated heterocycles. The number of aliphatic imine (C=N–C) groups is 2. The molecule has 1 aromatic heterocycles. The number of rotatable bonds is 1. The maximum absolute atomic E-state index is 4.84. The lowest BCUT2D eigenvalue weighted by atomic mass is 9.72. The predicted molar refractivity (Wildman–Crippen MR) is 87.9 cm³/mol. The molecule has 3 nitrogen and oxygen atoms in total. The highest BCUT2D eigenvalue weighted by atomic mass is 15.0. The molecule has 0 N–H and O–H groups in total. The van der Waals surface area contributed by atoms with E-state index in [-0.39, 0.29) is 5.41 Å². The van der Waals surface area contributed by atoms with Crippen LogP contribution in [0.25, 0.3) is 6.08 Å². The van der Waals surface area contributed by atoms with E-state index in [1.165, 1.54) is 11.1 Å². The summed E-state index contributed by atoms with van der Waals surface area (Å²) >= 11 is 0. The Morgan fingerprint density at radius 3 is 2.77 bits per heavy atom. The van der Waals surface area contributed by atoms with Crippen molar-refractivity contribution in [2.45, 2.75) is 6.42 Å². The molecule has 22 heavy (non-hydrogen) atoms. The van der Waals surface area contributed by atoms with Gasteiger partial charge >= 0.3 is 0 Å².